The molecule has 0 fully saturated rings. The Balaban J connectivity index is 1.97. The predicted octanol–water partition coefficient (Wildman–Crippen LogP) is 1.14. The Morgan fingerprint density at radius 3 is 2.57 bits per heavy atom. The number of amides is 1. The summed E-state index contributed by atoms with van der Waals surface area (Å²) in [6.45, 7) is 0.141. The van der Waals surface area contributed by atoms with Crippen LogP contribution in [-0.2, 0) is 16.0 Å². The first-order valence-electron chi connectivity index (χ1n) is 10.5. The maximum absolute atomic E-state index is 13.1. The topological polar surface area (TPSA) is 195 Å². The molecule has 2 aromatic carbocycles. The van der Waals surface area contributed by atoms with Crippen molar-refractivity contribution in [2.24, 2.45) is 16.5 Å². The molecule has 1 amide bonds. The van der Waals surface area contributed by atoms with Gasteiger partial charge in [0.1, 0.15) is 6.04 Å². The molecule has 1 atom stereocenters. The summed E-state index contributed by atoms with van der Waals surface area (Å²) in [4.78, 5) is 53.5. The Hall–Kier alpha value is -4.61. The third kappa shape index (κ3) is 5.85. The lowest BCUT2D eigenvalue weighted by molar-refractivity contribution is -0.148. The molecule has 1 heterocycles. The zero-order valence-electron chi connectivity index (χ0n) is 18.8. The number of nitrogens with two attached hydrogens (primary N) is 2. The zero-order chi connectivity index (χ0) is 25.7. The van der Waals surface area contributed by atoms with Crippen LogP contribution in [0.4, 0.5) is 5.69 Å². The van der Waals surface area contributed by atoms with Gasteiger partial charge in [0.05, 0.1) is 29.8 Å². The number of hydrogen-bond acceptors (Lipinski definition) is 7. The number of aryl methyl sites for hydroxylation is 1. The van der Waals surface area contributed by atoms with Gasteiger partial charge in [-0.25, -0.2) is 14.6 Å². The van der Waals surface area contributed by atoms with Crippen molar-refractivity contribution in [2.75, 3.05) is 13.7 Å². The first-order chi connectivity index (χ1) is 16.6. The summed E-state index contributed by atoms with van der Waals surface area (Å²) in [7, 11) is 1.18. The fraction of sp³-hybridized carbons (Fsp3) is 0.261. The largest absolute Gasteiger partial charge is 0.489 e. The molecule has 0 bridgehead atoms. The van der Waals surface area contributed by atoms with E-state index < -0.39 is 36.3 Å². The highest BCUT2D eigenvalue weighted by Crippen LogP contribution is 2.34. The summed E-state index contributed by atoms with van der Waals surface area (Å²) in [6, 6.07) is 7.42. The summed E-state index contributed by atoms with van der Waals surface area (Å²) in [5.41, 5.74) is 12.2. The van der Waals surface area contributed by atoms with Crippen LogP contribution in [0.1, 0.15) is 39.1 Å². The van der Waals surface area contributed by atoms with Gasteiger partial charge >= 0.3 is 17.9 Å². The number of guanidine groups is 1. The molecule has 0 unspecified atom stereocenters. The van der Waals surface area contributed by atoms with Crippen LogP contribution in [0.3, 0.4) is 0 Å². The summed E-state index contributed by atoms with van der Waals surface area (Å²) < 4.78 is 11.3. The van der Waals surface area contributed by atoms with Gasteiger partial charge in [-0.05, 0) is 48.7 Å². The number of carboxylic acid groups (broad SMARTS) is 2. The Kier molecular flexibility index (Phi) is 7.54. The fourth-order valence-corrected chi connectivity index (χ4v) is 3.60. The van der Waals surface area contributed by atoms with Crippen molar-refractivity contribution in [3.63, 3.8) is 0 Å². The second-order valence-electron chi connectivity index (χ2n) is 7.72. The molecule has 184 valence electrons. The van der Waals surface area contributed by atoms with Gasteiger partial charge in [0, 0.05) is 7.05 Å². The highest BCUT2D eigenvalue weighted by atomic mass is 16.6. The van der Waals surface area contributed by atoms with Gasteiger partial charge in [0.25, 0.3) is 5.91 Å². The average Bonchev–Trinajstić information content (AvgIpc) is 2.79. The summed E-state index contributed by atoms with van der Waals surface area (Å²) in [6.07, 6.45) is 0.0878. The molecule has 0 saturated carbocycles. The lowest BCUT2D eigenvalue weighted by Crippen LogP contribution is -2.43. The predicted molar refractivity (Wildman–Crippen MR) is 123 cm³/mol. The molecule has 2 aromatic rings. The molecule has 12 nitrogen and oxygen atoms in total. The van der Waals surface area contributed by atoms with Crippen LogP contribution in [0.5, 0.6) is 11.5 Å². The maximum atomic E-state index is 13.1. The Morgan fingerprint density at radius 2 is 1.91 bits per heavy atom. The number of nitrogens with zero attached hydrogens (tertiary/aromatic N) is 2. The first-order valence-corrected chi connectivity index (χ1v) is 10.5. The molecular weight excluding hydrogens is 460 g/mol. The molecule has 0 saturated heterocycles. The highest BCUT2D eigenvalue weighted by Gasteiger charge is 2.32. The standard InChI is InChI=1S/C23H24N4O8/c1-27(16(21(31)32)11-18(28)29)20(30)15-5-2-6-17-19(15)34-9-3-4-12-10-13(26-23(24)25)7-8-14(12)22(33)35-17/h2,5-8,10,16H,3-4,9,11H2,1H3,(H,28,29)(H,31,32)(H4,24,25,26)/t16-/m0/s1. The summed E-state index contributed by atoms with van der Waals surface area (Å²) in [5.74, 6) is -4.56. The zero-order valence-corrected chi connectivity index (χ0v) is 18.8. The van der Waals surface area contributed by atoms with Crippen molar-refractivity contribution < 1.29 is 38.9 Å². The number of para-hydroxylation sites is 1. The SMILES string of the molecule is CN(C(=O)c1cccc2c1OCCCc1cc(N=C(N)N)ccc1C(=O)O2)[C@@H](CC(=O)O)C(=O)O. The van der Waals surface area contributed by atoms with Gasteiger partial charge in [-0.1, -0.05) is 6.07 Å². The second-order valence-corrected chi connectivity index (χ2v) is 7.72. The minimum Gasteiger partial charge on any atom is -0.489 e. The lowest BCUT2D eigenvalue weighted by atomic mass is 10.0. The van der Waals surface area contributed by atoms with Gasteiger partial charge < -0.3 is 36.1 Å². The molecule has 1 aliphatic rings. The average molecular weight is 484 g/mol. The third-order valence-corrected chi connectivity index (χ3v) is 5.26. The van der Waals surface area contributed by atoms with Crippen molar-refractivity contribution in [3.8, 4) is 11.5 Å². The van der Waals surface area contributed by atoms with Crippen molar-refractivity contribution >= 4 is 35.5 Å². The molecule has 1 aliphatic heterocycles. The summed E-state index contributed by atoms with van der Waals surface area (Å²) in [5, 5.41) is 18.4. The van der Waals surface area contributed by atoms with E-state index in [0.717, 1.165) is 4.90 Å². The normalized spacial score (nSPS) is 13.7. The molecule has 35 heavy (non-hydrogen) atoms. The van der Waals surface area contributed by atoms with Gasteiger partial charge in [-0.15, -0.1) is 0 Å². The number of esters is 1. The lowest BCUT2D eigenvalue weighted by Gasteiger charge is -2.25. The van der Waals surface area contributed by atoms with E-state index >= 15 is 0 Å². The quantitative estimate of drug-likeness (QED) is 0.200. The molecular formula is C23H24N4O8. The van der Waals surface area contributed by atoms with E-state index in [4.69, 9.17) is 26.0 Å². The Morgan fingerprint density at radius 1 is 1.17 bits per heavy atom. The van der Waals surface area contributed by atoms with Gasteiger partial charge in [-0.3, -0.25) is 9.59 Å². The van der Waals surface area contributed by atoms with Crippen molar-refractivity contribution in [1.82, 2.24) is 4.90 Å². The number of carbonyl (C=O) groups excluding carboxylic acids is 2. The number of carbonyl (C=O) groups is 4. The number of ether oxygens (including phenoxy) is 2. The fourth-order valence-electron chi connectivity index (χ4n) is 3.60. The number of hydrogen-bond donors (Lipinski definition) is 4. The van der Waals surface area contributed by atoms with Crippen LogP contribution >= 0.6 is 0 Å². The van der Waals surface area contributed by atoms with Gasteiger partial charge in [0.15, 0.2) is 17.5 Å². The summed E-state index contributed by atoms with van der Waals surface area (Å²) >= 11 is 0. The van der Waals surface area contributed by atoms with Crippen LogP contribution in [0.25, 0.3) is 0 Å². The van der Waals surface area contributed by atoms with Crippen LogP contribution in [0, 0.1) is 0 Å². The Bertz CT molecular complexity index is 1210. The van der Waals surface area contributed by atoms with E-state index in [-0.39, 0.29) is 35.2 Å². The monoisotopic (exact) mass is 484 g/mol. The number of likely N-dealkylation sites (N-methyl/N-ethyl adjacent to an activating group) is 1. The highest BCUT2D eigenvalue weighted by molar-refractivity contribution is 6.01. The smallest absolute Gasteiger partial charge is 0.343 e. The second kappa shape index (κ2) is 10.5. The van der Waals surface area contributed by atoms with Crippen molar-refractivity contribution in [3.05, 3.63) is 53.1 Å². The molecule has 0 spiro atoms. The number of fused-ring (bicyclic) bond motifs is 2. The first kappa shape index (κ1) is 25.0. The van der Waals surface area contributed by atoms with E-state index in [0.29, 0.717) is 24.1 Å². The van der Waals surface area contributed by atoms with Crippen molar-refractivity contribution in [2.45, 2.75) is 25.3 Å². The van der Waals surface area contributed by atoms with Crippen molar-refractivity contribution in [1.29, 1.82) is 0 Å². The van der Waals surface area contributed by atoms with Crippen LogP contribution in [0.15, 0.2) is 41.4 Å². The molecule has 0 aromatic heterocycles. The molecule has 0 aliphatic carbocycles. The van der Waals surface area contributed by atoms with Crippen LogP contribution in [0.2, 0.25) is 0 Å². The van der Waals surface area contributed by atoms with E-state index in [1.54, 1.807) is 12.1 Å². The number of aliphatic carboxylic acids is 2. The molecule has 0 radical (unpaired) electrons. The number of rotatable bonds is 6. The number of benzene rings is 2. The molecule has 3 rings (SSSR count). The number of carboxylic acids is 2. The number of aliphatic imine (C=N–C) groups is 1. The van der Waals surface area contributed by atoms with Gasteiger partial charge in [0.2, 0.25) is 0 Å². The van der Waals surface area contributed by atoms with E-state index in [2.05, 4.69) is 4.99 Å². The third-order valence-electron chi connectivity index (χ3n) is 5.26. The van der Waals surface area contributed by atoms with E-state index in [1.165, 1.54) is 31.3 Å². The van der Waals surface area contributed by atoms with E-state index in [9.17, 15) is 24.3 Å². The molecule has 6 N–H and O–H groups in total. The molecule has 12 heteroatoms. The minimum atomic E-state index is -1.61. The van der Waals surface area contributed by atoms with E-state index in [1.807, 2.05) is 0 Å². The van der Waals surface area contributed by atoms with Crippen LogP contribution < -0.4 is 20.9 Å². The maximum Gasteiger partial charge on any atom is 0.343 e. The minimum absolute atomic E-state index is 0.0412. The van der Waals surface area contributed by atoms with Crippen LogP contribution in [-0.4, -0.2) is 64.6 Å². The van der Waals surface area contributed by atoms with Gasteiger partial charge in [-0.2, -0.15) is 0 Å². The Labute approximate surface area is 199 Å².